The van der Waals surface area contributed by atoms with E-state index >= 15 is 0 Å². The van der Waals surface area contributed by atoms with Crippen molar-refractivity contribution in [3.8, 4) is 5.75 Å². The monoisotopic (exact) mass is 271 g/mol. The van der Waals surface area contributed by atoms with E-state index in [-0.39, 0.29) is 24.7 Å². The number of ether oxygens (including phenoxy) is 2. The first-order chi connectivity index (χ1) is 8.97. The molecule has 0 heterocycles. The van der Waals surface area contributed by atoms with E-state index in [1.54, 1.807) is 6.92 Å². The molecule has 1 aromatic rings. The lowest BCUT2D eigenvalue weighted by atomic mass is 10.2. The zero-order chi connectivity index (χ0) is 14.4. The number of rotatable bonds is 7. The maximum atomic E-state index is 10.7. The highest BCUT2D eigenvalue weighted by molar-refractivity contribution is 5.71. The molecule has 2 N–H and O–H groups in total. The fraction of sp³-hybridized carbons (Fsp3) is 0.400. The molecule has 0 aliphatic rings. The van der Waals surface area contributed by atoms with Crippen LogP contribution in [0, 0.1) is 20.2 Å². The van der Waals surface area contributed by atoms with E-state index in [2.05, 4.69) is 0 Å². The second-order valence-electron chi connectivity index (χ2n) is 3.44. The topological polar surface area (TPSA) is 131 Å². The predicted octanol–water partition coefficient (Wildman–Crippen LogP) is 1.50. The lowest BCUT2D eigenvalue weighted by molar-refractivity contribution is -0.393. The molecule has 0 spiro atoms. The van der Waals surface area contributed by atoms with Crippen LogP contribution >= 0.6 is 0 Å². The molecule has 0 saturated heterocycles. The van der Waals surface area contributed by atoms with Gasteiger partial charge in [-0.15, -0.1) is 0 Å². The molecule has 1 rings (SSSR count). The van der Waals surface area contributed by atoms with Gasteiger partial charge in [-0.1, -0.05) is 0 Å². The van der Waals surface area contributed by atoms with Crippen LogP contribution in [0.1, 0.15) is 6.92 Å². The maximum absolute atomic E-state index is 10.7. The van der Waals surface area contributed by atoms with E-state index in [1.165, 1.54) is 0 Å². The Kier molecular flexibility index (Phi) is 5.01. The first-order valence-electron chi connectivity index (χ1n) is 5.40. The minimum Gasteiger partial charge on any atom is -0.488 e. The average Bonchev–Trinajstić information content (AvgIpc) is 2.35. The molecule has 0 aliphatic carbocycles. The van der Waals surface area contributed by atoms with Crippen molar-refractivity contribution < 1.29 is 19.3 Å². The number of hydrogen-bond acceptors (Lipinski definition) is 7. The first-order valence-corrected chi connectivity index (χ1v) is 5.40. The molecule has 0 aromatic heterocycles. The second-order valence-corrected chi connectivity index (χ2v) is 3.44. The summed E-state index contributed by atoms with van der Waals surface area (Å²) in [6.45, 7) is 2.64. The normalized spacial score (nSPS) is 10.2. The molecule has 0 radical (unpaired) electrons. The Balaban J connectivity index is 3.01. The van der Waals surface area contributed by atoms with Crippen molar-refractivity contribution >= 4 is 17.1 Å². The van der Waals surface area contributed by atoms with Gasteiger partial charge in [0.25, 0.3) is 5.69 Å². The van der Waals surface area contributed by atoms with E-state index in [9.17, 15) is 20.2 Å². The molecule has 0 bridgehead atoms. The number of nitro groups is 2. The molecular formula is C10H13N3O6. The number of anilines is 1. The van der Waals surface area contributed by atoms with E-state index in [0.717, 1.165) is 12.1 Å². The van der Waals surface area contributed by atoms with E-state index < -0.39 is 21.2 Å². The summed E-state index contributed by atoms with van der Waals surface area (Å²) in [5.41, 5.74) is 4.29. The average molecular weight is 271 g/mol. The Hall–Kier alpha value is -2.42. The van der Waals surface area contributed by atoms with Crippen LogP contribution in [0.25, 0.3) is 0 Å². The summed E-state index contributed by atoms with van der Waals surface area (Å²) < 4.78 is 10.2. The van der Waals surface area contributed by atoms with Crippen LogP contribution in [0.2, 0.25) is 0 Å². The molecule has 9 nitrogen and oxygen atoms in total. The summed E-state index contributed by atoms with van der Waals surface area (Å²) in [5.74, 6) is -0.0967. The third-order valence-corrected chi connectivity index (χ3v) is 2.20. The van der Waals surface area contributed by atoms with Gasteiger partial charge in [0.2, 0.25) is 0 Å². The molecule has 19 heavy (non-hydrogen) atoms. The van der Waals surface area contributed by atoms with Crippen LogP contribution < -0.4 is 10.5 Å². The van der Waals surface area contributed by atoms with Crippen LogP contribution in [0.15, 0.2) is 12.1 Å². The predicted molar refractivity (Wildman–Crippen MR) is 66.2 cm³/mol. The van der Waals surface area contributed by atoms with E-state index in [1.807, 2.05) is 0 Å². The summed E-state index contributed by atoms with van der Waals surface area (Å²) in [5, 5.41) is 21.4. The fourth-order valence-corrected chi connectivity index (χ4v) is 1.33. The number of nitrogens with zero attached hydrogens (tertiary/aromatic N) is 2. The molecule has 0 saturated carbocycles. The molecule has 0 unspecified atom stereocenters. The van der Waals surface area contributed by atoms with Gasteiger partial charge in [-0.2, -0.15) is 0 Å². The van der Waals surface area contributed by atoms with Crippen molar-refractivity contribution in [2.24, 2.45) is 0 Å². The molecule has 0 atom stereocenters. The molecule has 104 valence electrons. The smallest absolute Gasteiger partial charge is 0.302 e. The summed E-state index contributed by atoms with van der Waals surface area (Å²) in [6.07, 6.45) is 0. The van der Waals surface area contributed by atoms with Crippen molar-refractivity contribution in [1.29, 1.82) is 0 Å². The van der Waals surface area contributed by atoms with Gasteiger partial charge in [0, 0.05) is 6.61 Å². The number of benzene rings is 1. The standard InChI is InChI=1S/C10H13N3O6/c1-2-18-3-4-19-9-6-7(12(14)15)5-8(10(9)11)13(16)17/h5-6H,2-4,11H2,1H3. The molecule has 1 aromatic carbocycles. The van der Waals surface area contributed by atoms with Gasteiger partial charge < -0.3 is 15.2 Å². The molecule has 0 aliphatic heterocycles. The van der Waals surface area contributed by atoms with Crippen molar-refractivity contribution in [2.45, 2.75) is 6.92 Å². The third kappa shape index (κ3) is 3.78. The van der Waals surface area contributed by atoms with E-state index in [4.69, 9.17) is 15.2 Å². The highest BCUT2D eigenvalue weighted by Gasteiger charge is 2.23. The van der Waals surface area contributed by atoms with Gasteiger partial charge in [0.15, 0.2) is 11.4 Å². The first kappa shape index (κ1) is 14.6. The molecule has 0 amide bonds. The number of hydrogen-bond donors (Lipinski definition) is 1. The Labute approximate surface area is 108 Å². The number of nitrogen functional groups attached to an aromatic ring is 1. The van der Waals surface area contributed by atoms with Crippen LogP contribution in [0.5, 0.6) is 5.75 Å². The van der Waals surface area contributed by atoms with Crippen molar-refractivity contribution in [2.75, 3.05) is 25.6 Å². The third-order valence-electron chi connectivity index (χ3n) is 2.20. The fourth-order valence-electron chi connectivity index (χ4n) is 1.33. The number of nitro benzene ring substituents is 2. The Bertz CT molecular complexity index is 490. The summed E-state index contributed by atoms with van der Waals surface area (Å²) >= 11 is 0. The summed E-state index contributed by atoms with van der Waals surface area (Å²) in [6, 6.07) is 1.85. The number of nitrogens with two attached hydrogens (primary N) is 1. The van der Waals surface area contributed by atoms with Crippen molar-refractivity contribution in [3.05, 3.63) is 32.4 Å². The quantitative estimate of drug-likeness (QED) is 0.344. The van der Waals surface area contributed by atoms with Gasteiger partial charge >= 0.3 is 5.69 Å². The maximum Gasteiger partial charge on any atom is 0.302 e. The van der Waals surface area contributed by atoms with Gasteiger partial charge in [-0.3, -0.25) is 20.2 Å². The molecule has 0 fully saturated rings. The molecule has 9 heteroatoms. The largest absolute Gasteiger partial charge is 0.488 e. The van der Waals surface area contributed by atoms with Crippen LogP contribution in [0.4, 0.5) is 17.1 Å². The van der Waals surface area contributed by atoms with Gasteiger partial charge in [0.1, 0.15) is 6.61 Å². The van der Waals surface area contributed by atoms with Crippen molar-refractivity contribution in [1.82, 2.24) is 0 Å². The van der Waals surface area contributed by atoms with Gasteiger partial charge in [-0.25, -0.2) is 0 Å². The molecular weight excluding hydrogens is 258 g/mol. The summed E-state index contributed by atoms with van der Waals surface area (Å²) in [4.78, 5) is 19.9. The zero-order valence-corrected chi connectivity index (χ0v) is 10.2. The Morgan fingerprint density at radius 1 is 1.21 bits per heavy atom. The minimum absolute atomic E-state index is 0.0936. The SMILES string of the molecule is CCOCCOc1cc([N+](=O)[O-])cc([N+](=O)[O-])c1N. The Morgan fingerprint density at radius 3 is 2.42 bits per heavy atom. The van der Waals surface area contributed by atoms with Crippen LogP contribution in [-0.2, 0) is 4.74 Å². The zero-order valence-electron chi connectivity index (χ0n) is 10.2. The van der Waals surface area contributed by atoms with E-state index in [0.29, 0.717) is 6.61 Å². The lowest BCUT2D eigenvalue weighted by Crippen LogP contribution is -2.09. The minimum atomic E-state index is -0.794. The van der Waals surface area contributed by atoms with Crippen molar-refractivity contribution in [3.63, 3.8) is 0 Å². The highest BCUT2D eigenvalue weighted by Crippen LogP contribution is 2.36. The van der Waals surface area contributed by atoms with Gasteiger partial charge in [-0.05, 0) is 6.92 Å². The summed E-state index contributed by atoms with van der Waals surface area (Å²) in [7, 11) is 0. The highest BCUT2D eigenvalue weighted by atomic mass is 16.6. The second kappa shape index (κ2) is 6.50. The van der Waals surface area contributed by atoms with Crippen LogP contribution in [0.3, 0.4) is 0 Å². The lowest BCUT2D eigenvalue weighted by Gasteiger charge is -2.08. The Morgan fingerprint density at radius 2 is 1.89 bits per heavy atom. The van der Waals surface area contributed by atoms with Gasteiger partial charge in [0.05, 0.1) is 28.6 Å². The number of non-ortho nitro benzene ring substituents is 1. The van der Waals surface area contributed by atoms with Crippen LogP contribution in [-0.4, -0.2) is 29.7 Å².